The summed E-state index contributed by atoms with van der Waals surface area (Å²) >= 11 is 7.00. The Kier molecular flexibility index (Phi) is 8.43. The summed E-state index contributed by atoms with van der Waals surface area (Å²) in [7, 11) is 1.53. The number of rotatable bonds is 8. The average molecular weight is 425 g/mol. The predicted molar refractivity (Wildman–Crippen MR) is 109 cm³/mol. The Bertz CT molecular complexity index is 995. The van der Waals surface area contributed by atoms with E-state index in [2.05, 4.69) is 5.32 Å². The lowest BCUT2D eigenvalue weighted by atomic mass is 10.2. The van der Waals surface area contributed by atoms with Crippen LogP contribution >= 0.6 is 22.9 Å². The third-order valence-electron chi connectivity index (χ3n) is 3.56. The molecule has 0 atom stereocenters. The molecule has 0 saturated heterocycles. The molecule has 1 aromatic heterocycles. The fourth-order valence-electron chi connectivity index (χ4n) is 2.28. The molecule has 150 valence electrons. The van der Waals surface area contributed by atoms with Crippen molar-refractivity contribution >= 4 is 47.0 Å². The van der Waals surface area contributed by atoms with E-state index in [4.69, 9.17) is 21.1 Å². The summed E-state index contributed by atoms with van der Waals surface area (Å²) in [6, 6.07) is 6.99. The molecule has 0 saturated carbocycles. The summed E-state index contributed by atoms with van der Waals surface area (Å²) in [5.74, 6) is -0.927. The van der Waals surface area contributed by atoms with Crippen molar-refractivity contribution < 1.29 is 19.1 Å². The molecule has 1 N–H and O–H groups in total. The first-order valence-electron chi connectivity index (χ1n) is 8.55. The Morgan fingerprint density at radius 1 is 1.29 bits per heavy atom. The number of nitrogens with one attached hydrogen (secondary N) is 1. The third-order valence-corrected chi connectivity index (χ3v) is 4.87. The molecule has 28 heavy (non-hydrogen) atoms. The molecule has 0 radical (unpaired) electrons. The van der Waals surface area contributed by atoms with Crippen molar-refractivity contribution in [3.05, 3.63) is 54.4 Å². The summed E-state index contributed by atoms with van der Waals surface area (Å²) in [4.78, 5) is 36.8. The van der Waals surface area contributed by atoms with Crippen molar-refractivity contribution in [3.63, 3.8) is 0 Å². The predicted octanol–water partition coefficient (Wildman–Crippen LogP) is 0.498. The number of hydrogen-bond donors (Lipinski definition) is 1. The molecule has 0 aliphatic heterocycles. The molecule has 0 spiro atoms. The summed E-state index contributed by atoms with van der Waals surface area (Å²) < 4.78 is 11.8. The SMILES string of the molecule is CCOC(=O)/C=c1\s/c(=C\c2ccc(Cl)cc2)c(=O)n1CC(=O)NCCOC. The van der Waals surface area contributed by atoms with Crippen LogP contribution in [0.2, 0.25) is 5.02 Å². The number of benzene rings is 1. The molecule has 7 nitrogen and oxygen atoms in total. The number of nitrogens with zero attached hydrogens (tertiary/aromatic N) is 1. The molecule has 1 aromatic carbocycles. The van der Waals surface area contributed by atoms with Crippen LogP contribution in [0.1, 0.15) is 12.5 Å². The Hall–Kier alpha value is -2.42. The second-order valence-electron chi connectivity index (χ2n) is 5.63. The summed E-state index contributed by atoms with van der Waals surface area (Å²) in [6.45, 7) is 2.39. The van der Waals surface area contributed by atoms with Crippen molar-refractivity contribution in [1.29, 1.82) is 0 Å². The molecule has 0 bridgehead atoms. The van der Waals surface area contributed by atoms with Crippen LogP contribution in [0.5, 0.6) is 0 Å². The van der Waals surface area contributed by atoms with Gasteiger partial charge in [0.25, 0.3) is 5.56 Å². The Balaban J connectivity index is 2.44. The van der Waals surface area contributed by atoms with E-state index in [1.54, 1.807) is 37.3 Å². The molecule has 0 aliphatic carbocycles. The van der Waals surface area contributed by atoms with E-state index < -0.39 is 5.97 Å². The summed E-state index contributed by atoms with van der Waals surface area (Å²) in [5.41, 5.74) is 0.416. The second-order valence-corrected chi connectivity index (χ2v) is 7.13. The molecule has 0 fully saturated rings. The van der Waals surface area contributed by atoms with Gasteiger partial charge in [0.05, 0.1) is 23.8 Å². The van der Waals surface area contributed by atoms with Gasteiger partial charge in [-0.3, -0.25) is 14.2 Å². The maximum absolute atomic E-state index is 12.8. The first-order valence-corrected chi connectivity index (χ1v) is 9.75. The van der Waals surface area contributed by atoms with E-state index in [0.717, 1.165) is 16.9 Å². The minimum Gasteiger partial charge on any atom is -0.463 e. The molecule has 2 rings (SSSR count). The van der Waals surface area contributed by atoms with Gasteiger partial charge >= 0.3 is 5.97 Å². The van der Waals surface area contributed by atoms with Gasteiger partial charge in [-0.05, 0) is 30.7 Å². The quantitative estimate of drug-likeness (QED) is 0.492. The van der Waals surface area contributed by atoms with E-state index in [1.807, 2.05) is 0 Å². The van der Waals surface area contributed by atoms with Crippen molar-refractivity contribution in [2.75, 3.05) is 26.9 Å². The number of methoxy groups -OCH3 is 1. The molecular formula is C19H21ClN2O5S. The molecule has 2 aromatic rings. The zero-order chi connectivity index (χ0) is 20.5. The van der Waals surface area contributed by atoms with E-state index in [0.29, 0.717) is 27.4 Å². The Morgan fingerprint density at radius 2 is 2.00 bits per heavy atom. The van der Waals surface area contributed by atoms with Gasteiger partial charge < -0.3 is 14.8 Å². The zero-order valence-electron chi connectivity index (χ0n) is 15.6. The topological polar surface area (TPSA) is 86.6 Å². The number of carbonyl (C=O) groups is 2. The Labute approximate surface area is 170 Å². The maximum atomic E-state index is 12.8. The zero-order valence-corrected chi connectivity index (χ0v) is 17.1. The molecule has 0 aliphatic rings. The average Bonchev–Trinajstić information content (AvgIpc) is 2.92. The first kappa shape index (κ1) is 21.9. The van der Waals surface area contributed by atoms with Crippen LogP contribution in [0.4, 0.5) is 0 Å². The smallest absolute Gasteiger partial charge is 0.333 e. The van der Waals surface area contributed by atoms with Crippen LogP contribution < -0.4 is 20.1 Å². The second kappa shape index (κ2) is 10.8. The first-order chi connectivity index (χ1) is 13.4. The lowest BCUT2D eigenvalue weighted by Gasteiger charge is -2.05. The van der Waals surface area contributed by atoms with E-state index in [1.165, 1.54) is 17.8 Å². The summed E-state index contributed by atoms with van der Waals surface area (Å²) in [6.07, 6.45) is 2.91. The van der Waals surface area contributed by atoms with Crippen LogP contribution in [0, 0.1) is 0 Å². The van der Waals surface area contributed by atoms with Crippen LogP contribution in [0.3, 0.4) is 0 Å². The highest BCUT2D eigenvalue weighted by Crippen LogP contribution is 2.09. The maximum Gasteiger partial charge on any atom is 0.333 e. The lowest BCUT2D eigenvalue weighted by Crippen LogP contribution is -2.39. The monoisotopic (exact) mass is 424 g/mol. The number of amides is 1. The molecule has 1 amide bonds. The number of thiazole rings is 1. The molecule has 9 heteroatoms. The minimum absolute atomic E-state index is 0.210. The van der Waals surface area contributed by atoms with Crippen LogP contribution in [0.15, 0.2) is 29.1 Å². The Morgan fingerprint density at radius 3 is 2.64 bits per heavy atom. The van der Waals surface area contributed by atoms with Crippen LogP contribution in [-0.4, -0.2) is 43.3 Å². The van der Waals surface area contributed by atoms with Gasteiger partial charge in [-0.1, -0.05) is 23.7 Å². The van der Waals surface area contributed by atoms with Gasteiger partial charge in [0, 0.05) is 18.7 Å². The van der Waals surface area contributed by atoms with E-state index in [9.17, 15) is 14.4 Å². The largest absolute Gasteiger partial charge is 0.463 e. The fraction of sp³-hybridized carbons (Fsp3) is 0.316. The highest BCUT2D eigenvalue weighted by Gasteiger charge is 2.11. The fourth-order valence-corrected chi connectivity index (χ4v) is 3.44. The number of halogens is 1. The van der Waals surface area contributed by atoms with Crippen LogP contribution in [-0.2, 0) is 25.6 Å². The molecular weight excluding hydrogens is 404 g/mol. The van der Waals surface area contributed by atoms with Gasteiger partial charge in [0.15, 0.2) is 0 Å². The van der Waals surface area contributed by atoms with Gasteiger partial charge in [-0.2, -0.15) is 0 Å². The van der Waals surface area contributed by atoms with Crippen molar-refractivity contribution in [3.8, 4) is 0 Å². The number of hydrogen-bond acceptors (Lipinski definition) is 6. The number of aromatic nitrogens is 1. The number of ether oxygens (including phenoxy) is 2. The van der Waals surface area contributed by atoms with Crippen LogP contribution in [0.25, 0.3) is 12.2 Å². The van der Waals surface area contributed by atoms with Gasteiger partial charge in [0.1, 0.15) is 11.2 Å². The van der Waals surface area contributed by atoms with Crippen molar-refractivity contribution in [2.24, 2.45) is 0 Å². The number of carbonyl (C=O) groups excluding carboxylic acids is 2. The van der Waals surface area contributed by atoms with Crippen molar-refractivity contribution in [1.82, 2.24) is 9.88 Å². The summed E-state index contributed by atoms with van der Waals surface area (Å²) in [5, 5.41) is 3.24. The standard InChI is InChI=1S/C19H21ClN2O5S/c1-3-27-18(24)11-17-22(12-16(23)21-8-9-26-2)19(25)15(28-17)10-13-4-6-14(20)7-5-13/h4-7,10-11H,3,8-9,12H2,1-2H3,(H,21,23)/b15-10-,17-11-. The van der Waals surface area contributed by atoms with Gasteiger partial charge in [0.2, 0.25) is 5.91 Å². The lowest BCUT2D eigenvalue weighted by molar-refractivity contribution is -0.135. The molecule has 1 heterocycles. The normalized spacial score (nSPS) is 12.2. The third kappa shape index (κ3) is 6.33. The highest BCUT2D eigenvalue weighted by atomic mass is 35.5. The minimum atomic E-state index is -0.574. The van der Waals surface area contributed by atoms with Gasteiger partial charge in [-0.15, -0.1) is 11.3 Å². The number of esters is 1. The van der Waals surface area contributed by atoms with Crippen molar-refractivity contribution in [2.45, 2.75) is 13.5 Å². The van der Waals surface area contributed by atoms with E-state index >= 15 is 0 Å². The highest BCUT2D eigenvalue weighted by molar-refractivity contribution is 7.07. The van der Waals surface area contributed by atoms with Gasteiger partial charge in [-0.25, -0.2) is 4.79 Å². The molecule has 0 unspecified atom stereocenters. The van der Waals surface area contributed by atoms with E-state index in [-0.39, 0.29) is 24.6 Å².